The molecule has 1 unspecified atom stereocenters. The van der Waals surface area contributed by atoms with Crippen LogP contribution in [0, 0.1) is 0 Å². The van der Waals surface area contributed by atoms with E-state index in [1.54, 1.807) is 6.21 Å². The number of nitrogens with zero attached hydrogens (tertiary/aromatic N) is 1. The van der Waals surface area contributed by atoms with Gasteiger partial charge in [-0.05, 0) is 13.0 Å². The van der Waals surface area contributed by atoms with E-state index >= 15 is 0 Å². The molecule has 2 atom stereocenters. The first kappa shape index (κ1) is 5.83. The van der Waals surface area contributed by atoms with Crippen LogP contribution in [0.25, 0.3) is 0 Å². The molecule has 0 aliphatic carbocycles. The Kier molecular flexibility index (Phi) is 1.69. The fourth-order valence-electron chi connectivity index (χ4n) is 0.584. The lowest BCUT2D eigenvalue weighted by atomic mass is 10.2. The van der Waals surface area contributed by atoms with E-state index in [0.717, 1.165) is 0 Å². The van der Waals surface area contributed by atoms with Crippen LogP contribution >= 0.6 is 11.6 Å². The molecular weight excluding hydrogens is 122 g/mol. The molecule has 1 aliphatic rings. The van der Waals surface area contributed by atoms with E-state index in [2.05, 4.69) is 4.99 Å². The van der Waals surface area contributed by atoms with Crippen molar-refractivity contribution in [2.75, 3.05) is 0 Å². The first-order chi connectivity index (χ1) is 3.80. The third kappa shape index (κ3) is 1.10. The summed E-state index contributed by atoms with van der Waals surface area (Å²) in [6, 6.07) is 0.252. The first-order valence-electron chi connectivity index (χ1n) is 2.65. The second-order valence-corrected chi connectivity index (χ2v) is 2.37. The second kappa shape index (κ2) is 2.31. The van der Waals surface area contributed by atoms with Crippen LogP contribution in [-0.2, 0) is 0 Å². The third-order valence-corrected chi connectivity index (χ3v) is 1.67. The highest BCUT2D eigenvalue weighted by Gasteiger charge is 2.09. The average Bonchev–Trinajstić information content (AvgIpc) is 1.77. The van der Waals surface area contributed by atoms with Gasteiger partial charge in [-0.2, -0.15) is 0 Å². The van der Waals surface area contributed by atoms with Gasteiger partial charge in [0.2, 0.25) is 0 Å². The van der Waals surface area contributed by atoms with Gasteiger partial charge in [-0.3, -0.25) is 4.99 Å². The van der Waals surface area contributed by atoms with Crippen LogP contribution in [0.5, 0.6) is 0 Å². The summed E-state index contributed by atoms with van der Waals surface area (Å²) < 4.78 is 0. The maximum absolute atomic E-state index is 5.77. The van der Waals surface area contributed by atoms with E-state index in [4.69, 9.17) is 11.6 Å². The molecule has 0 saturated carbocycles. The topological polar surface area (TPSA) is 12.4 Å². The SMILES string of the molecule is C[C@@H]1N=CC=CC1Cl. The molecule has 0 bridgehead atoms. The predicted octanol–water partition coefficient (Wildman–Crippen LogP) is 1.62. The monoisotopic (exact) mass is 129 g/mol. The summed E-state index contributed by atoms with van der Waals surface area (Å²) in [5.41, 5.74) is 0. The van der Waals surface area contributed by atoms with Gasteiger partial charge in [-0.25, -0.2) is 0 Å². The van der Waals surface area contributed by atoms with Crippen molar-refractivity contribution in [3.8, 4) is 0 Å². The lowest BCUT2D eigenvalue weighted by molar-refractivity contribution is 0.764. The Labute approximate surface area is 54.1 Å². The number of allylic oxidation sites excluding steroid dienone is 1. The number of hydrogen-bond donors (Lipinski definition) is 0. The molecule has 0 aromatic rings. The van der Waals surface area contributed by atoms with Gasteiger partial charge in [0, 0.05) is 6.21 Å². The van der Waals surface area contributed by atoms with Crippen molar-refractivity contribution in [2.24, 2.45) is 4.99 Å². The second-order valence-electron chi connectivity index (χ2n) is 1.87. The Bertz CT molecular complexity index is 112. The zero-order chi connectivity index (χ0) is 5.98. The summed E-state index contributed by atoms with van der Waals surface area (Å²) in [4.78, 5) is 4.07. The molecule has 44 valence electrons. The van der Waals surface area contributed by atoms with Gasteiger partial charge >= 0.3 is 0 Å². The smallest absolute Gasteiger partial charge is 0.0740 e. The molecule has 0 fully saturated rings. The van der Waals surface area contributed by atoms with Crippen molar-refractivity contribution in [3.63, 3.8) is 0 Å². The van der Waals surface area contributed by atoms with Gasteiger partial charge in [0.1, 0.15) is 0 Å². The molecule has 2 heteroatoms. The Morgan fingerprint density at radius 1 is 1.62 bits per heavy atom. The zero-order valence-electron chi connectivity index (χ0n) is 4.71. The highest BCUT2D eigenvalue weighted by Crippen LogP contribution is 2.09. The van der Waals surface area contributed by atoms with Crippen molar-refractivity contribution < 1.29 is 0 Å². The van der Waals surface area contributed by atoms with Crippen molar-refractivity contribution in [3.05, 3.63) is 12.2 Å². The van der Waals surface area contributed by atoms with Crippen molar-refractivity contribution in [1.29, 1.82) is 0 Å². The van der Waals surface area contributed by atoms with E-state index in [1.807, 2.05) is 19.1 Å². The Morgan fingerprint density at radius 3 is 2.75 bits per heavy atom. The van der Waals surface area contributed by atoms with E-state index < -0.39 is 0 Å². The molecule has 0 N–H and O–H groups in total. The molecule has 1 nitrogen and oxygen atoms in total. The molecule has 0 saturated heterocycles. The highest BCUT2D eigenvalue weighted by molar-refractivity contribution is 6.22. The predicted molar refractivity (Wildman–Crippen MR) is 36.7 cm³/mol. The number of aliphatic imine (C=N–C) groups is 1. The Morgan fingerprint density at radius 2 is 2.38 bits per heavy atom. The summed E-state index contributed by atoms with van der Waals surface area (Å²) in [6.45, 7) is 2.00. The Hall–Kier alpha value is -0.300. The molecule has 1 aliphatic heterocycles. The van der Waals surface area contributed by atoms with Gasteiger partial charge in [0.15, 0.2) is 0 Å². The van der Waals surface area contributed by atoms with Crippen LogP contribution in [0.3, 0.4) is 0 Å². The molecule has 0 radical (unpaired) electrons. The van der Waals surface area contributed by atoms with Crippen LogP contribution in [0.15, 0.2) is 17.1 Å². The van der Waals surface area contributed by atoms with E-state index in [0.29, 0.717) is 0 Å². The summed E-state index contributed by atoms with van der Waals surface area (Å²) in [7, 11) is 0. The zero-order valence-corrected chi connectivity index (χ0v) is 5.47. The maximum Gasteiger partial charge on any atom is 0.0740 e. The first-order valence-corrected chi connectivity index (χ1v) is 3.08. The van der Waals surface area contributed by atoms with Gasteiger partial charge < -0.3 is 0 Å². The highest BCUT2D eigenvalue weighted by atomic mass is 35.5. The van der Waals surface area contributed by atoms with E-state index in [1.165, 1.54) is 0 Å². The molecule has 0 amide bonds. The van der Waals surface area contributed by atoms with Gasteiger partial charge in [0.05, 0.1) is 11.4 Å². The molecule has 0 spiro atoms. The largest absolute Gasteiger partial charge is 0.288 e. The number of halogens is 1. The van der Waals surface area contributed by atoms with Crippen molar-refractivity contribution in [2.45, 2.75) is 18.3 Å². The van der Waals surface area contributed by atoms with Crippen LogP contribution < -0.4 is 0 Å². The summed E-state index contributed by atoms with van der Waals surface area (Å²) in [5, 5.41) is 0.0972. The maximum atomic E-state index is 5.77. The van der Waals surface area contributed by atoms with Gasteiger partial charge in [0.25, 0.3) is 0 Å². The minimum Gasteiger partial charge on any atom is -0.288 e. The van der Waals surface area contributed by atoms with Crippen LogP contribution in [0.2, 0.25) is 0 Å². The number of rotatable bonds is 0. The standard InChI is InChI=1S/C6H8ClN/c1-5-6(7)3-2-4-8-5/h2-6H,1H3/t5-,6?/m0/s1. The van der Waals surface area contributed by atoms with Gasteiger partial charge in [-0.15, -0.1) is 11.6 Å². The number of hydrogen-bond acceptors (Lipinski definition) is 1. The fourth-order valence-corrected chi connectivity index (χ4v) is 0.733. The molecule has 1 rings (SSSR count). The van der Waals surface area contributed by atoms with Crippen molar-refractivity contribution >= 4 is 17.8 Å². The van der Waals surface area contributed by atoms with E-state index in [-0.39, 0.29) is 11.4 Å². The molecular formula is C6H8ClN. The fraction of sp³-hybridized carbons (Fsp3) is 0.500. The molecule has 0 aromatic heterocycles. The van der Waals surface area contributed by atoms with Crippen molar-refractivity contribution in [1.82, 2.24) is 0 Å². The summed E-state index contributed by atoms with van der Waals surface area (Å²) in [6.07, 6.45) is 5.60. The van der Waals surface area contributed by atoms with Gasteiger partial charge in [-0.1, -0.05) is 6.08 Å². The van der Waals surface area contributed by atoms with E-state index in [9.17, 15) is 0 Å². The Balaban J connectivity index is 2.59. The van der Waals surface area contributed by atoms with Crippen LogP contribution in [0.4, 0.5) is 0 Å². The molecule has 8 heavy (non-hydrogen) atoms. The third-order valence-electron chi connectivity index (χ3n) is 1.16. The quantitative estimate of drug-likeness (QED) is 0.441. The minimum atomic E-state index is 0.0972. The van der Waals surface area contributed by atoms with Crippen LogP contribution in [-0.4, -0.2) is 17.6 Å². The summed E-state index contributed by atoms with van der Waals surface area (Å²) in [5.74, 6) is 0. The van der Waals surface area contributed by atoms with Crippen LogP contribution in [0.1, 0.15) is 6.92 Å². The number of dihydropyridines is 1. The number of alkyl halides is 1. The minimum absolute atomic E-state index is 0.0972. The average molecular weight is 130 g/mol. The summed E-state index contributed by atoms with van der Waals surface area (Å²) >= 11 is 5.77. The molecule has 0 aromatic carbocycles. The lowest BCUT2D eigenvalue weighted by Gasteiger charge is -2.10. The lowest BCUT2D eigenvalue weighted by Crippen LogP contribution is -2.14. The normalized spacial score (nSPS) is 35.8. The molecule has 1 heterocycles.